The summed E-state index contributed by atoms with van der Waals surface area (Å²) in [4.78, 5) is 2.56. The van der Waals surface area contributed by atoms with Crippen LogP contribution in [0.3, 0.4) is 0 Å². The van der Waals surface area contributed by atoms with Crippen LogP contribution in [0.2, 0.25) is 0 Å². The van der Waals surface area contributed by atoms with Gasteiger partial charge in [0, 0.05) is 32.7 Å². The molecule has 0 aromatic heterocycles. The molecular formula is C11H25N3. The summed E-state index contributed by atoms with van der Waals surface area (Å²) in [6.07, 6.45) is 2.73. The minimum atomic E-state index is 0.520. The fourth-order valence-electron chi connectivity index (χ4n) is 2.20. The number of hydrogen-bond acceptors (Lipinski definition) is 3. The Labute approximate surface area is 88.0 Å². The fraction of sp³-hybridized carbons (Fsp3) is 1.00. The molecule has 0 atom stereocenters. The maximum absolute atomic E-state index is 5.41. The lowest BCUT2D eigenvalue weighted by molar-refractivity contribution is 0.119. The van der Waals surface area contributed by atoms with E-state index < -0.39 is 0 Å². The van der Waals surface area contributed by atoms with Crippen molar-refractivity contribution in [1.29, 1.82) is 0 Å². The monoisotopic (exact) mass is 199 g/mol. The van der Waals surface area contributed by atoms with Crippen molar-refractivity contribution in [2.24, 2.45) is 11.1 Å². The number of piperidine rings is 1. The Morgan fingerprint density at radius 3 is 2.79 bits per heavy atom. The van der Waals surface area contributed by atoms with Gasteiger partial charge in [0.1, 0.15) is 0 Å². The van der Waals surface area contributed by atoms with Crippen LogP contribution in [0.1, 0.15) is 26.7 Å². The number of likely N-dealkylation sites (tertiary alicyclic amines) is 1. The summed E-state index contributed by atoms with van der Waals surface area (Å²) in [5, 5.41) is 3.34. The molecule has 0 aromatic carbocycles. The van der Waals surface area contributed by atoms with Gasteiger partial charge in [-0.1, -0.05) is 13.8 Å². The zero-order valence-corrected chi connectivity index (χ0v) is 9.68. The molecule has 0 amide bonds. The molecule has 14 heavy (non-hydrogen) atoms. The predicted octanol–water partition coefficient (Wildman–Crippen LogP) is 0.657. The molecule has 0 aromatic rings. The lowest BCUT2D eigenvalue weighted by atomic mass is 9.84. The van der Waals surface area contributed by atoms with E-state index in [9.17, 15) is 0 Å². The highest BCUT2D eigenvalue weighted by Crippen LogP contribution is 2.27. The lowest BCUT2D eigenvalue weighted by Crippen LogP contribution is -2.43. The van der Waals surface area contributed by atoms with Crippen LogP contribution >= 0.6 is 0 Å². The van der Waals surface area contributed by atoms with Gasteiger partial charge in [-0.3, -0.25) is 0 Å². The van der Waals surface area contributed by atoms with Crippen molar-refractivity contribution in [3.63, 3.8) is 0 Å². The van der Waals surface area contributed by atoms with E-state index in [0.717, 1.165) is 19.6 Å². The second-order valence-corrected chi connectivity index (χ2v) is 5.08. The van der Waals surface area contributed by atoms with Gasteiger partial charge in [0.15, 0.2) is 0 Å². The van der Waals surface area contributed by atoms with Crippen LogP contribution in [0.15, 0.2) is 0 Å². The second kappa shape index (κ2) is 5.69. The third kappa shape index (κ3) is 4.40. The Hall–Kier alpha value is -0.120. The van der Waals surface area contributed by atoms with Crippen molar-refractivity contribution in [1.82, 2.24) is 10.2 Å². The van der Waals surface area contributed by atoms with Crippen LogP contribution in [-0.4, -0.2) is 44.2 Å². The molecule has 3 N–H and O–H groups in total. The molecule has 0 spiro atoms. The van der Waals surface area contributed by atoms with Gasteiger partial charge in [-0.25, -0.2) is 0 Å². The number of nitrogens with two attached hydrogens (primary N) is 1. The van der Waals surface area contributed by atoms with Crippen LogP contribution in [0.25, 0.3) is 0 Å². The summed E-state index contributed by atoms with van der Waals surface area (Å²) in [6.45, 7) is 11.2. The summed E-state index contributed by atoms with van der Waals surface area (Å²) < 4.78 is 0. The standard InChI is InChI=1S/C11H25N3/c1-11(2)4-3-8-14(10-11)9-7-13-6-5-12/h13H,3-10,12H2,1-2H3. The third-order valence-electron chi connectivity index (χ3n) is 2.91. The van der Waals surface area contributed by atoms with Gasteiger partial charge in [-0.15, -0.1) is 0 Å². The maximum atomic E-state index is 5.41. The average molecular weight is 199 g/mol. The summed E-state index contributed by atoms with van der Waals surface area (Å²) in [5.41, 5.74) is 5.93. The van der Waals surface area contributed by atoms with E-state index in [1.807, 2.05) is 0 Å². The summed E-state index contributed by atoms with van der Waals surface area (Å²) >= 11 is 0. The molecule has 1 saturated heterocycles. The molecule has 1 fully saturated rings. The van der Waals surface area contributed by atoms with Crippen molar-refractivity contribution in [2.75, 3.05) is 39.3 Å². The molecular weight excluding hydrogens is 174 g/mol. The lowest BCUT2D eigenvalue weighted by Gasteiger charge is -2.38. The van der Waals surface area contributed by atoms with Gasteiger partial charge in [-0.2, -0.15) is 0 Å². The van der Waals surface area contributed by atoms with Gasteiger partial charge in [0.25, 0.3) is 0 Å². The van der Waals surface area contributed by atoms with Gasteiger partial charge < -0.3 is 16.0 Å². The summed E-state index contributed by atoms with van der Waals surface area (Å²) in [6, 6.07) is 0. The second-order valence-electron chi connectivity index (χ2n) is 5.08. The van der Waals surface area contributed by atoms with E-state index in [-0.39, 0.29) is 0 Å². The Morgan fingerprint density at radius 2 is 2.14 bits per heavy atom. The van der Waals surface area contributed by atoms with Crippen LogP contribution < -0.4 is 11.1 Å². The van der Waals surface area contributed by atoms with E-state index in [4.69, 9.17) is 5.73 Å². The van der Waals surface area contributed by atoms with E-state index in [2.05, 4.69) is 24.1 Å². The van der Waals surface area contributed by atoms with E-state index in [1.54, 1.807) is 0 Å². The smallest absolute Gasteiger partial charge is 0.0107 e. The molecule has 0 aliphatic carbocycles. The SMILES string of the molecule is CC1(C)CCCN(CCNCCN)C1. The molecule has 1 heterocycles. The summed E-state index contributed by atoms with van der Waals surface area (Å²) in [5.74, 6) is 0. The van der Waals surface area contributed by atoms with Gasteiger partial charge in [0.2, 0.25) is 0 Å². The zero-order chi connectivity index (χ0) is 10.4. The quantitative estimate of drug-likeness (QED) is 0.639. The largest absolute Gasteiger partial charge is 0.329 e. The van der Waals surface area contributed by atoms with E-state index in [0.29, 0.717) is 5.41 Å². The van der Waals surface area contributed by atoms with Crippen molar-refractivity contribution >= 4 is 0 Å². The average Bonchev–Trinajstić information content (AvgIpc) is 2.11. The number of rotatable bonds is 5. The molecule has 0 unspecified atom stereocenters. The Bertz CT molecular complexity index is 157. The molecule has 1 aliphatic heterocycles. The zero-order valence-electron chi connectivity index (χ0n) is 9.68. The Kier molecular flexibility index (Phi) is 4.85. The van der Waals surface area contributed by atoms with Gasteiger partial charge in [0.05, 0.1) is 0 Å². The topological polar surface area (TPSA) is 41.3 Å². The molecule has 3 heteroatoms. The first kappa shape index (κ1) is 12.0. The minimum Gasteiger partial charge on any atom is -0.329 e. The summed E-state index contributed by atoms with van der Waals surface area (Å²) in [7, 11) is 0. The number of nitrogens with one attached hydrogen (secondary N) is 1. The van der Waals surface area contributed by atoms with Gasteiger partial charge in [-0.05, 0) is 24.8 Å². The number of nitrogens with zero attached hydrogens (tertiary/aromatic N) is 1. The molecule has 84 valence electrons. The molecule has 0 bridgehead atoms. The first-order valence-corrected chi connectivity index (χ1v) is 5.77. The van der Waals surface area contributed by atoms with Crippen LogP contribution in [0.4, 0.5) is 0 Å². The van der Waals surface area contributed by atoms with Crippen LogP contribution in [0, 0.1) is 5.41 Å². The highest BCUT2D eigenvalue weighted by molar-refractivity contribution is 4.79. The third-order valence-corrected chi connectivity index (χ3v) is 2.91. The van der Waals surface area contributed by atoms with E-state index >= 15 is 0 Å². The van der Waals surface area contributed by atoms with Crippen LogP contribution in [0.5, 0.6) is 0 Å². The molecule has 3 nitrogen and oxygen atoms in total. The highest BCUT2D eigenvalue weighted by atomic mass is 15.1. The van der Waals surface area contributed by atoms with Crippen molar-refractivity contribution in [3.05, 3.63) is 0 Å². The fourth-order valence-corrected chi connectivity index (χ4v) is 2.20. The van der Waals surface area contributed by atoms with Crippen LogP contribution in [-0.2, 0) is 0 Å². The first-order chi connectivity index (χ1) is 6.64. The predicted molar refractivity (Wildman–Crippen MR) is 61.4 cm³/mol. The molecule has 0 radical (unpaired) electrons. The minimum absolute atomic E-state index is 0.520. The Balaban J connectivity index is 2.12. The Morgan fingerprint density at radius 1 is 1.36 bits per heavy atom. The molecule has 1 rings (SSSR count). The molecule has 0 saturated carbocycles. The first-order valence-electron chi connectivity index (χ1n) is 5.77. The van der Waals surface area contributed by atoms with Gasteiger partial charge >= 0.3 is 0 Å². The number of hydrogen-bond donors (Lipinski definition) is 2. The highest BCUT2D eigenvalue weighted by Gasteiger charge is 2.25. The van der Waals surface area contributed by atoms with E-state index in [1.165, 1.54) is 32.5 Å². The van der Waals surface area contributed by atoms with Crippen molar-refractivity contribution < 1.29 is 0 Å². The molecule has 1 aliphatic rings. The maximum Gasteiger partial charge on any atom is 0.0107 e. The van der Waals surface area contributed by atoms with Crippen molar-refractivity contribution in [3.8, 4) is 0 Å². The van der Waals surface area contributed by atoms with Crippen molar-refractivity contribution in [2.45, 2.75) is 26.7 Å². The normalized spacial score (nSPS) is 22.5.